The summed E-state index contributed by atoms with van der Waals surface area (Å²) < 4.78 is 7.16. The number of halogens is 1. The molecule has 4 rings (SSSR count). The molecule has 7 nitrogen and oxygen atoms in total. The number of hydrogen-bond donors (Lipinski definition) is 2. The van der Waals surface area contributed by atoms with Crippen molar-refractivity contribution in [3.05, 3.63) is 70.4 Å². The van der Waals surface area contributed by atoms with E-state index in [-0.39, 0.29) is 0 Å². The van der Waals surface area contributed by atoms with Crippen molar-refractivity contribution in [1.82, 2.24) is 14.8 Å². The fourth-order valence-corrected chi connectivity index (χ4v) is 3.59. The average Bonchev–Trinajstić information content (AvgIpc) is 3.10. The molecular weight excluding hydrogens is 378 g/mol. The standard InChI is InChI=1S/C20H18ClN5O2/c1-11-16(18(22)27)17(14-8-3-4-9-15(14)28-2)26-20(23-11)24-19(25-26)12-6-5-7-13(21)10-12/h3-10,17H,1-2H3,(H2,22,27)(H,23,24,25)/t17-/m0/s1. The molecule has 28 heavy (non-hydrogen) atoms. The van der Waals surface area contributed by atoms with Crippen LogP contribution in [0.25, 0.3) is 11.4 Å². The van der Waals surface area contributed by atoms with E-state index in [1.807, 2.05) is 36.4 Å². The van der Waals surface area contributed by atoms with Gasteiger partial charge in [-0.25, -0.2) is 4.68 Å². The molecule has 0 saturated heterocycles. The lowest BCUT2D eigenvalue weighted by molar-refractivity contribution is -0.115. The summed E-state index contributed by atoms with van der Waals surface area (Å²) in [4.78, 5) is 16.9. The first-order valence-corrected chi connectivity index (χ1v) is 9.00. The van der Waals surface area contributed by atoms with E-state index in [1.165, 1.54) is 0 Å². The third kappa shape index (κ3) is 2.99. The largest absolute Gasteiger partial charge is 0.496 e. The molecule has 0 radical (unpaired) electrons. The van der Waals surface area contributed by atoms with E-state index in [1.54, 1.807) is 30.8 Å². The molecule has 0 saturated carbocycles. The minimum atomic E-state index is -0.565. The Labute approximate surface area is 166 Å². The molecule has 1 amide bonds. The van der Waals surface area contributed by atoms with Gasteiger partial charge in [0.2, 0.25) is 11.9 Å². The number of hydrogen-bond acceptors (Lipinski definition) is 5. The van der Waals surface area contributed by atoms with Crippen molar-refractivity contribution in [2.75, 3.05) is 12.4 Å². The van der Waals surface area contributed by atoms with E-state index in [0.717, 1.165) is 11.1 Å². The maximum absolute atomic E-state index is 12.3. The van der Waals surface area contributed by atoms with E-state index in [0.29, 0.717) is 33.8 Å². The maximum atomic E-state index is 12.3. The third-order valence-electron chi connectivity index (χ3n) is 4.63. The Morgan fingerprint density at radius 2 is 2.04 bits per heavy atom. The summed E-state index contributed by atoms with van der Waals surface area (Å²) in [5, 5.41) is 8.37. The van der Waals surface area contributed by atoms with Crippen LogP contribution in [0.3, 0.4) is 0 Å². The molecular formula is C20H18ClN5O2. The molecule has 1 aromatic heterocycles. The van der Waals surface area contributed by atoms with Crippen LogP contribution in [0.1, 0.15) is 18.5 Å². The number of ether oxygens (including phenoxy) is 1. The molecule has 142 valence electrons. The van der Waals surface area contributed by atoms with Crippen molar-refractivity contribution in [2.45, 2.75) is 13.0 Å². The second-order valence-electron chi connectivity index (χ2n) is 6.39. The van der Waals surface area contributed by atoms with Crippen LogP contribution in [-0.4, -0.2) is 27.8 Å². The first-order valence-electron chi connectivity index (χ1n) is 8.62. The number of nitrogens with zero attached hydrogens (tertiary/aromatic N) is 3. The van der Waals surface area contributed by atoms with Crippen molar-refractivity contribution in [1.29, 1.82) is 0 Å². The van der Waals surface area contributed by atoms with Gasteiger partial charge in [-0.1, -0.05) is 41.9 Å². The van der Waals surface area contributed by atoms with Crippen LogP contribution in [0, 0.1) is 0 Å². The molecule has 3 N–H and O–H groups in total. The van der Waals surface area contributed by atoms with E-state index in [4.69, 9.17) is 22.1 Å². The second-order valence-corrected chi connectivity index (χ2v) is 6.82. The number of anilines is 1. The quantitative estimate of drug-likeness (QED) is 0.706. The topological polar surface area (TPSA) is 95.1 Å². The van der Waals surface area contributed by atoms with Crippen LogP contribution in [0.15, 0.2) is 59.8 Å². The number of nitrogens with two attached hydrogens (primary N) is 1. The summed E-state index contributed by atoms with van der Waals surface area (Å²) in [6.07, 6.45) is 0. The Kier molecular flexibility index (Phi) is 4.52. The monoisotopic (exact) mass is 395 g/mol. The SMILES string of the molecule is COc1ccccc1[C@H]1C(C(N)=O)=C(C)Nc2nc(-c3cccc(Cl)c3)nn21. The molecule has 2 aromatic carbocycles. The molecule has 3 aromatic rings. The summed E-state index contributed by atoms with van der Waals surface area (Å²) >= 11 is 6.11. The molecule has 0 spiro atoms. The number of nitrogens with one attached hydrogen (secondary N) is 1. The van der Waals surface area contributed by atoms with Crippen LogP contribution in [0.2, 0.25) is 5.02 Å². The number of para-hydroxylation sites is 1. The summed E-state index contributed by atoms with van der Waals surface area (Å²) in [6.45, 7) is 1.79. The molecule has 1 atom stereocenters. The predicted octanol–water partition coefficient (Wildman–Crippen LogP) is 3.38. The van der Waals surface area contributed by atoms with E-state index >= 15 is 0 Å². The number of rotatable bonds is 4. The molecule has 2 heterocycles. The van der Waals surface area contributed by atoms with E-state index in [2.05, 4.69) is 15.4 Å². The highest BCUT2D eigenvalue weighted by atomic mass is 35.5. The van der Waals surface area contributed by atoms with Crippen molar-refractivity contribution in [3.8, 4) is 17.1 Å². The van der Waals surface area contributed by atoms with Crippen LogP contribution in [0.5, 0.6) is 5.75 Å². The Bertz CT molecular complexity index is 1110. The smallest absolute Gasteiger partial charge is 0.248 e. The van der Waals surface area contributed by atoms with Crippen LogP contribution >= 0.6 is 11.6 Å². The number of carbonyl (C=O) groups is 1. The molecule has 8 heteroatoms. The number of benzene rings is 2. The normalized spacial score (nSPS) is 15.8. The van der Waals surface area contributed by atoms with Crippen molar-refractivity contribution >= 4 is 23.5 Å². The number of methoxy groups -OCH3 is 1. The van der Waals surface area contributed by atoms with Gasteiger partial charge in [0.15, 0.2) is 5.82 Å². The fraction of sp³-hybridized carbons (Fsp3) is 0.150. The average molecular weight is 396 g/mol. The van der Waals surface area contributed by atoms with Crippen molar-refractivity contribution in [2.24, 2.45) is 5.73 Å². The molecule has 0 aliphatic carbocycles. The third-order valence-corrected chi connectivity index (χ3v) is 4.87. The summed E-state index contributed by atoms with van der Waals surface area (Å²) in [5.41, 5.74) is 8.28. The minimum absolute atomic E-state index is 0.402. The Hall–Kier alpha value is -3.32. The summed E-state index contributed by atoms with van der Waals surface area (Å²) in [6, 6.07) is 14.2. The van der Waals surface area contributed by atoms with Gasteiger partial charge in [0, 0.05) is 21.8 Å². The van der Waals surface area contributed by atoms with Gasteiger partial charge in [0.05, 0.1) is 12.7 Å². The molecule has 1 aliphatic heterocycles. The predicted molar refractivity (Wildman–Crippen MR) is 107 cm³/mol. The number of fused-ring (bicyclic) bond motifs is 1. The lowest BCUT2D eigenvalue weighted by Gasteiger charge is -2.28. The van der Waals surface area contributed by atoms with Gasteiger partial charge < -0.3 is 15.8 Å². The minimum Gasteiger partial charge on any atom is -0.496 e. The zero-order valence-corrected chi connectivity index (χ0v) is 16.1. The maximum Gasteiger partial charge on any atom is 0.248 e. The van der Waals surface area contributed by atoms with Crippen LogP contribution < -0.4 is 15.8 Å². The van der Waals surface area contributed by atoms with Gasteiger partial charge >= 0.3 is 0 Å². The highest BCUT2D eigenvalue weighted by Gasteiger charge is 2.35. The summed E-state index contributed by atoms with van der Waals surface area (Å²) in [5.74, 6) is 1.09. The lowest BCUT2D eigenvalue weighted by Crippen LogP contribution is -2.32. The number of primary amides is 1. The lowest BCUT2D eigenvalue weighted by atomic mass is 9.94. The fourth-order valence-electron chi connectivity index (χ4n) is 3.40. The number of allylic oxidation sites excluding steroid dienone is 1. The number of amides is 1. The van der Waals surface area contributed by atoms with Gasteiger partial charge in [-0.15, -0.1) is 5.10 Å². The van der Waals surface area contributed by atoms with E-state index in [9.17, 15) is 4.79 Å². The van der Waals surface area contributed by atoms with Crippen LogP contribution in [0.4, 0.5) is 5.95 Å². The molecule has 0 unspecified atom stereocenters. The first kappa shape index (κ1) is 18.1. The first-order chi connectivity index (χ1) is 13.5. The summed E-state index contributed by atoms with van der Waals surface area (Å²) in [7, 11) is 1.58. The Balaban J connectivity index is 1.92. The molecule has 0 bridgehead atoms. The van der Waals surface area contributed by atoms with Crippen molar-refractivity contribution < 1.29 is 9.53 Å². The Morgan fingerprint density at radius 1 is 1.25 bits per heavy atom. The zero-order valence-electron chi connectivity index (χ0n) is 15.3. The highest BCUT2D eigenvalue weighted by molar-refractivity contribution is 6.30. The van der Waals surface area contributed by atoms with Gasteiger partial charge in [-0.3, -0.25) is 4.79 Å². The second kappa shape index (κ2) is 7.01. The van der Waals surface area contributed by atoms with Gasteiger partial charge in [-0.05, 0) is 25.1 Å². The Morgan fingerprint density at radius 3 is 2.75 bits per heavy atom. The highest BCUT2D eigenvalue weighted by Crippen LogP contribution is 2.39. The van der Waals surface area contributed by atoms with E-state index < -0.39 is 11.9 Å². The number of aromatic nitrogens is 3. The van der Waals surface area contributed by atoms with Gasteiger partial charge in [0.1, 0.15) is 11.8 Å². The van der Waals surface area contributed by atoms with Gasteiger partial charge in [-0.2, -0.15) is 4.98 Å². The molecule has 0 fully saturated rings. The zero-order chi connectivity index (χ0) is 19.8. The van der Waals surface area contributed by atoms with Crippen molar-refractivity contribution in [3.63, 3.8) is 0 Å². The van der Waals surface area contributed by atoms with Gasteiger partial charge in [0.25, 0.3) is 0 Å². The molecule has 1 aliphatic rings. The van der Waals surface area contributed by atoms with Crippen LogP contribution in [-0.2, 0) is 4.79 Å². The number of carbonyl (C=O) groups excluding carboxylic acids is 1.